The Morgan fingerprint density at radius 1 is 1.55 bits per heavy atom. The van der Waals surface area contributed by atoms with Crippen molar-refractivity contribution in [3.05, 3.63) is 0 Å². The Labute approximate surface area is 71.8 Å². The SMILES string of the molecule is CC(C)(C)CN(Cl)C(=O)O.N. The highest BCUT2D eigenvalue weighted by Gasteiger charge is 2.18. The molecular formula is C6H15ClN2O2. The molecule has 11 heavy (non-hydrogen) atoms. The monoisotopic (exact) mass is 182 g/mol. The normalized spacial score (nSPS) is 10.2. The molecule has 0 aliphatic rings. The Balaban J connectivity index is 0. The Hall–Kier alpha value is -0.480. The van der Waals surface area contributed by atoms with Crippen LogP contribution in [0, 0.1) is 5.41 Å². The first-order chi connectivity index (χ1) is 4.33. The third kappa shape index (κ3) is 7.42. The van der Waals surface area contributed by atoms with E-state index in [9.17, 15) is 4.79 Å². The molecule has 0 atom stereocenters. The second-order valence-corrected chi connectivity index (χ2v) is 3.77. The fourth-order valence-corrected chi connectivity index (χ4v) is 0.843. The summed E-state index contributed by atoms with van der Waals surface area (Å²) in [5.41, 5.74) is -0.0832. The van der Waals surface area contributed by atoms with Crippen molar-refractivity contribution in [3.63, 3.8) is 0 Å². The van der Waals surface area contributed by atoms with Crippen molar-refractivity contribution in [2.24, 2.45) is 5.41 Å². The van der Waals surface area contributed by atoms with Crippen LogP contribution >= 0.6 is 11.8 Å². The average molecular weight is 183 g/mol. The molecule has 0 heterocycles. The molecule has 0 unspecified atom stereocenters. The molecule has 0 aliphatic carbocycles. The van der Waals surface area contributed by atoms with Crippen LogP contribution < -0.4 is 6.15 Å². The first-order valence-corrected chi connectivity index (χ1v) is 3.33. The number of hydrogen-bond donors (Lipinski definition) is 2. The summed E-state index contributed by atoms with van der Waals surface area (Å²) in [6, 6.07) is 0. The Bertz CT molecular complexity index is 133. The smallest absolute Gasteiger partial charge is 0.422 e. The van der Waals surface area contributed by atoms with Crippen LogP contribution in [0.3, 0.4) is 0 Å². The lowest BCUT2D eigenvalue weighted by molar-refractivity contribution is 0.162. The summed E-state index contributed by atoms with van der Waals surface area (Å²) in [5.74, 6) is 0. The van der Waals surface area contributed by atoms with Gasteiger partial charge in [-0.05, 0) is 5.41 Å². The summed E-state index contributed by atoms with van der Waals surface area (Å²) in [7, 11) is 0. The van der Waals surface area contributed by atoms with E-state index in [0.717, 1.165) is 4.42 Å². The zero-order chi connectivity index (χ0) is 8.36. The maximum atomic E-state index is 10.2. The van der Waals surface area contributed by atoms with Crippen LogP contribution in [0.15, 0.2) is 0 Å². The Morgan fingerprint density at radius 2 is 1.91 bits per heavy atom. The number of halogens is 1. The lowest BCUT2D eigenvalue weighted by Crippen LogP contribution is -2.29. The second-order valence-electron chi connectivity index (χ2n) is 3.36. The van der Waals surface area contributed by atoms with Gasteiger partial charge in [0.1, 0.15) is 0 Å². The molecular weight excluding hydrogens is 168 g/mol. The van der Waals surface area contributed by atoms with Crippen LogP contribution in [0.1, 0.15) is 20.8 Å². The summed E-state index contributed by atoms with van der Waals surface area (Å²) < 4.78 is 0.764. The molecule has 4 nitrogen and oxygen atoms in total. The number of carbonyl (C=O) groups is 1. The average Bonchev–Trinajstić information content (AvgIpc) is 1.60. The number of rotatable bonds is 1. The van der Waals surface area contributed by atoms with Crippen LogP contribution in [0.2, 0.25) is 0 Å². The second kappa shape index (κ2) is 4.41. The van der Waals surface area contributed by atoms with Gasteiger partial charge in [-0.15, -0.1) is 0 Å². The molecule has 0 aromatic carbocycles. The van der Waals surface area contributed by atoms with Crippen LogP contribution in [0.5, 0.6) is 0 Å². The van der Waals surface area contributed by atoms with Crippen LogP contribution in [-0.2, 0) is 0 Å². The minimum atomic E-state index is -1.10. The van der Waals surface area contributed by atoms with Crippen LogP contribution in [0.25, 0.3) is 0 Å². The van der Waals surface area contributed by atoms with Crippen LogP contribution in [0.4, 0.5) is 4.79 Å². The van der Waals surface area contributed by atoms with E-state index < -0.39 is 6.09 Å². The highest BCUT2D eigenvalue weighted by molar-refractivity contribution is 6.19. The van der Waals surface area contributed by atoms with Gasteiger partial charge in [0, 0.05) is 18.3 Å². The van der Waals surface area contributed by atoms with E-state index in [1.807, 2.05) is 20.8 Å². The van der Waals surface area contributed by atoms with Crippen molar-refractivity contribution in [3.8, 4) is 0 Å². The van der Waals surface area contributed by atoms with E-state index in [4.69, 9.17) is 16.9 Å². The molecule has 0 fully saturated rings. The largest absolute Gasteiger partial charge is 0.464 e. The summed E-state index contributed by atoms with van der Waals surface area (Å²) in [4.78, 5) is 10.2. The van der Waals surface area contributed by atoms with Gasteiger partial charge in [-0.3, -0.25) is 0 Å². The van der Waals surface area contributed by atoms with Gasteiger partial charge in [0.05, 0.1) is 0 Å². The molecule has 68 valence electrons. The number of amides is 1. The zero-order valence-electron chi connectivity index (χ0n) is 7.09. The van der Waals surface area contributed by atoms with E-state index in [2.05, 4.69) is 0 Å². The quantitative estimate of drug-likeness (QED) is 0.611. The topological polar surface area (TPSA) is 75.5 Å². The summed E-state index contributed by atoms with van der Waals surface area (Å²) >= 11 is 5.33. The van der Waals surface area contributed by atoms with Gasteiger partial charge < -0.3 is 11.3 Å². The summed E-state index contributed by atoms with van der Waals surface area (Å²) in [6.45, 7) is 6.10. The Kier molecular flexibility index (Phi) is 5.26. The predicted molar refractivity (Wildman–Crippen MR) is 45.1 cm³/mol. The van der Waals surface area contributed by atoms with Crippen molar-refractivity contribution in [1.29, 1.82) is 0 Å². The minimum absolute atomic E-state index is 0. The molecule has 4 N–H and O–H groups in total. The zero-order valence-corrected chi connectivity index (χ0v) is 7.85. The van der Waals surface area contributed by atoms with E-state index in [-0.39, 0.29) is 11.6 Å². The standard InChI is InChI=1S/C6H12ClNO2.H3N/c1-6(2,3)4-8(7)5(9)10;/h4H2,1-3H3,(H,9,10);1H3. The molecule has 1 amide bonds. The lowest BCUT2D eigenvalue weighted by atomic mass is 9.97. The highest BCUT2D eigenvalue weighted by atomic mass is 35.5. The van der Waals surface area contributed by atoms with Gasteiger partial charge in [-0.1, -0.05) is 20.8 Å². The maximum Gasteiger partial charge on any atom is 0.422 e. The van der Waals surface area contributed by atoms with Gasteiger partial charge in [0.25, 0.3) is 0 Å². The van der Waals surface area contributed by atoms with Gasteiger partial charge >= 0.3 is 6.09 Å². The van der Waals surface area contributed by atoms with E-state index >= 15 is 0 Å². The minimum Gasteiger partial charge on any atom is -0.464 e. The highest BCUT2D eigenvalue weighted by Crippen LogP contribution is 2.16. The van der Waals surface area contributed by atoms with Gasteiger partial charge in [-0.2, -0.15) is 0 Å². The summed E-state index contributed by atoms with van der Waals surface area (Å²) in [5, 5.41) is 8.34. The molecule has 0 aromatic heterocycles. The third-order valence-corrected chi connectivity index (χ3v) is 1.08. The fraction of sp³-hybridized carbons (Fsp3) is 0.833. The van der Waals surface area contributed by atoms with E-state index in [1.165, 1.54) is 0 Å². The molecule has 0 spiro atoms. The molecule has 0 rings (SSSR count). The lowest BCUT2D eigenvalue weighted by Gasteiger charge is -2.21. The van der Waals surface area contributed by atoms with Crippen molar-refractivity contribution in [2.45, 2.75) is 20.8 Å². The molecule has 0 saturated carbocycles. The molecule has 0 radical (unpaired) electrons. The molecule has 0 saturated heterocycles. The molecule has 0 aromatic rings. The first kappa shape index (κ1) is 13.1. The number of hydrogen-bond acceptors (Lipinski definition) is 2. The predicted octanol–water partition coefficient (Wildman–Crippen LogP) is 2.33. The number of carboxylic acid groups (broad SMARTS) is 1. The van der Waals surface area contributed by atoms with Crippen molar-refractivity contribution in [2.75, 3.05) is 6.54 Å². The molecule has 0 aliphatic heterocycles. The molecule has 5 heteroatoms. The van der Waals surface area contributed by atoms with E-state index in [0.29, 0.717) is 6.54 Å². The van der Waals surface area contributed by atoms with Crippen molar-refractivity contribution in [1.82, 2.24) is 10.6 Å². The molecule has 0 bridgehead atoms. The van der Waals surface area contributed by atoms with Gasteiger partial charge in [-0.25, -0.2) is 9.21 Å². The fourth-order valence-electron chi connectivity index (χ4n) is 0.484. The first-order valence-electron chi connectivity index (χ1n) is 2.99. The van der Waals surface area contributed by atoms with E-state index in [1.54, 1.807) is 0 Å². The van der Waals surface area contributed by atoms with Crippen molar-refractivity contribution >= 4 is 17.9 Å². The van der Waals surface area contributed by atoms with Gasteiger partial charge in [0.2, 0.25) is 0 Å². The summed E-state index contributed by atoms with van der Waals surface area (Å²) in [6.07, 6.45) is -1.10. The van der Waals surface area contributed by atoms with Crippen molar-refractivity contribution < 1.29 is 9.90 Å². The Morgan fingerprint density at radius 3 is 2.00 bits per heavy atom. The maximum absolute atomic E-state index is 10.2. The van der Waals surface area contributed by atoms with Crippen LogP contribution in [-0.4, -0.2) is 22.2 Å². The number of nitrogens with zero attached hydrogens (tertiary/aromatic N) is 1. The van der Waals surface area contributed by atoms with Gasteiger partial charge in [0.15, 0.2) is 0 Å². The third-order valence-electron chi connectivity index (χ3n) is 0.821.